The van der Waals surface area contributed by atoms with Crippen molar-refractivity contribution in [3.63, 3.8) is 0 Å². The van der Waals surface area contributed by atoms with Crippen LogP contribution in [0.4, 0.5) is 5.95 Å². The summed E-state index contributed by atoms with van der Waals surface area (Å²) in [5, 5.41) is 8.82. The zero-order valence-electron chi connectivity index (χ0n) is 9.63. The van der Waals surface area contributed by atoms with Crippen molar-refractivity contribution in [2.24, 2.45) is 11.8 Å². The molecule has 0 aliphatic heterocycles. The molecule has 3 rings (SSSR count). The fourth-order valence-corrected chi connectivity index (χ4v) is 2.42. The van der Waals surface area contributed by atoms with E-state index in [0.29, 0.717) is 0 Å². The van der Waals surface area contributed by atoms with Crippen molar-refractivity contribution in [1.82, 2.24) is 15.2 Å². The normalized spacial score (nSPS) is 25.7. The van der Waals surface area contributed by atoms with Crippen LogP contribution in [-0.2, 0) is 9.59 Å². The Morgan fingerprint density at radius 2 is 1.84 bits per heavy atom. The van der Waals surface area contributed by atoms with Crippen LogP contribution in [0, 0.1) is 11.8 Å². The molecule has 7 heteroatoms. The number of nitrogens with zero attached hydrogens (tertiary/aromatic N) is 2. The van der Waals surface area contributed by atoms with Gasteiger partial charge in [-0.3, -0.25) is 9.59 Å². The zero-order chi connectivity index (χ0) is 13.4. The van der Waals surface area contributed by atoms with Crippen LogP contribution < -0.4 is 5.32 Å². The highest BCUT2D eigenvalue weighted by molar-refractivity contribution is 6.46. The van der Waals surface area contributed by atoms with E-state index in [-0.39, 0.29) is 28.2 Å². The minimum absolute atomic E-state index is 0.0598. The van der Waals surface area contributed by atoms with E-state index in [9.17, 15) is 9.59 Å². The first kappa shape index (κ1) is 11.9. The lowest BCUT2D eigenvalue weighted by molar-refractivity contribution is -0.126. The van der Waals surface area contributed by atoms with Crippen LogP contribution in [0.3, 0.4) is 0 Å². The zero-order valence-corrected chi connectivity index (χ0v) is 10.4. The van der Waals surface area contributed by atoms with Crippen LogP contribution >= 0.6 is 11.6 Å². The maximum Gasteiger partial charge on any atom is 0.223 e. The molecule has 6 nitrogen and oxygen atoms in total. The summed E-state index contributed by atoms with van der Waals surface area (Å²) >= 11 is 5.99. The number of hydrogen-bond donors (Lipinski definition) is 2. The Kier molecular flexibility index (Phi) is 2.79. The third-order valence-electron chi connectivity index (χ3n) is 3.08. The molecule has 0 spiro atoms. The molecule has 2 unspecified atom stereocenters. The fourth-order valence-electron chi connectivity index (χ4n) is 2.15. The maximum atomic E-state index is 12.3. The number of halogens is 1. The van der Waals surface area contributed by atoms with Crippen molar-refractivity contribution in [1.29, 1.82) is 0 Å². The molecule has 0 radical (unpaired) electrons. The molecule has 0 saturated heterocycles. The van der Waals surface area contributed by atoms with Crippen LogP contribution in [0.25, 0.3) is 0 Å². The largest absolute Gasteiger partial charge is 0.320 e. The van der Waals surface area contributed by atoms with Gasteiger partial charge in [0, 0.05) is 0 Å². The molecule has 2 N–H and O–H groups in total. The summed E-state index contributed by atoms with van der Waals surface area (Å²) in [6.45, 7) is 0. The van der Waals surface area contributed by atoms with Crippen LogP contribution in [-0.4, -0.2) is 26.7 Å². The first-order valence-corrected chi connectivity index (χ1v) is 6.02. The molecule has 0 aromatic carbocycles. The Hall–Kier alpha value is -2.21. The van der Waals surface area contributed by atoms with Gasteiger partial charge in [0.25, 0.3) is 0 Å². The summed E-state index contributed by atoms with van der Waals surface area (Å²) in [6, 6.07) is 0. The molecule has 1 heterocycles. The van der Waals surface area contributed by atoms with Gasteiger partial charge < -0.3 is 5.32 Å². The summed E-state index contributed by atoms with van der Waals surface area (Å²) in [5.74, 6) is -1.25. The molecule has 0 bridgehead atoms. The van der Waals surface area contributed by atoms with E-state index in [1.165, 1.54) is 6.33 Å². The van der Waals surface area contributed by atoms with Gasteiger partial charge in [-0.1, -0.05) is 35.9 Å². The van der Waals surface area contributed by atoms with Gasteiger partial charge >= 0.3 is 0 Å². The predicted molar refractivity (Wildman–Crippen MR) is 68.2 cm³/mol. The molecule has 2 aliphatic rings. The topological polar surface area (TPSA) is 87.7 Å². The summed E-state index contributed by atoms with van der Waals surface area (Å²) < 4.78 is 0. The van der Waals surface area contributed by atoms with Crippen LogP contribution in [0.1, 0.15) is 0 Å². The molecule has 0 fully saturated rings. The van der Waals surface area contributed by atoms with Crippen LogP contribution in [0.2, 0.25) is 0 Å². The Bertz CT molecular complexity index is 630. The second-order valence-corrected chi connectivity index (χ2v) is 4.58. The minimum atomic E-state index is -0.509. The highest BCUT2D eigenvalue weighted by Crippen LogP contribution is 2.34. The monoisotopic (exact) mass is 276 g/mol. The summed E-state index contributed by atoms with van der Waals surface area (Å²) in [6.07, 6.45) is 8.18. The number of rotatable bonds is 2. The van der Waals surface area contributed by atoms with Crippen molar-refractivity contribution >= 4 is 29.1 Å². The van der Waals surface area contributed by atoms with Crippen molar-refractivity contribution in [2.45, 2.75) is 0 Å². The van der Waals surface area contributed by atoms with E-state index in [1.807, 2.05) is 0 Å². The van der Waals surface area contributed by atoms with Gasteiger partial charge in [-0.15, -0.1) is 0 Å². The first-order chi connectivity index (χ1) is 9.18. The lowest BCUT2D eigenvalue weighted by Crippen LogP contribution is -2.37. The number of H-pyrrole nitrogens is 1. The number of hydrogen-bond acceptors (Lipinski definition) is 5. The van der Waals surface area contributed by atoms with E-state index in [1.54, 1.807) is 24.3 Å². The van der Waals surface area contributed by atoms with Gasteiger partial charge in [-0.05, 0) is 0 Å². The molecule has 96 valence electrons. The summed E-state index contributed by atoms with van der Waals surface area (Å²) in [4.78, 5) is 28.3. The van der Waals surface area contributed by atoms with Crippen molar-refractivity contribution < 1.29 is 9.59 Å². The average Bonchev–Trinajstić information content (AvgIpc) is 2.94. The Labute approximate surface area is 113 Å². The third-order valence-corrected chi connectivity index (χ3v) is 3.46. The fraction of sp³-hybridized carbons (Fsp3) is 0.167. The van der Waals surface area contributed by atoms with Crippen molar-refractivity contribution in [2.75, 3.05) is 5.32 Å². The number of aromatic amines is 1. The van der Waals surface area contributed by atoms with Gasteiger partial charge in [-0.2, -0.15) is 10.1 Å². The van der Waals surface area contributed by atoms with Gasteiger partial charge in [0.05, 0.1) is 11.8 Å². The highest BCUT2D eigenvalue weighted by Gasteiger charge is 2.41. The number of fused-ring (bicyclic) bond motifs is 1. The number of nitrogens with one attached hydrogen (secondary N) is 2. The molecule has 0 amide bonds. The van der Waals surface area contributed by atoms with E-state index < -0.39 is 11.8 Å². The predicted octanol–water partition coefficient (Wildman–Crippen LogP) is 1.18. The number of ketones is 2. The number of anilines is 1. The van der Waals surface area contributed by atoms with E-state index in [4.69, 9.17) is 11.6 Å². The highest BCUT2D eigenvalue weighted by atomic mass is 35.5. The van der Waals surface area contributed by atoms with E-state index in [2.05, 4.69) is 20.5 Å². The van der Waals surface area contributed by atoms with Crippen molar-refractivity contribution in [3.8, 4) is 0 Å². The number of carbonyl (C=O) groups excluding carboxylic acids is 2. The Morgan fingerprint density at radius 3 is 2.47 bits per heavy atom. The third kappa shape index (κ3) is 1.90. The molecule has 1 aromatic rings. The summed E-state index contributed by atoms with van der Waals surface area (Å²) in [7, 11) is 0. The minimum Gasteiger partial charge on any atom is -0.320 e. The molecule has 1 aromatic heterocycles. The lowest BCUT2D eigenvalue weighted by atomic mass is 9.77. The van der Waals surface area contributed by atoms with E-state index >= 15 is 0 Å². The molecular formula is C12H9ClN4O2. The van der Waals surface area contributed by atoms with Crippen molar-refractivity contribution in [3.05, 3.63) is 41.4 Å². The molecular weight excluding hydrogens is 268 g/mol. The average molecular weight is 277 g/mol. The first-order valence-electron chi connectivity index (χ1n) is 5.64. The number of allylic oxidation sites excluding steroid dienone is 6. The molecule has 2 aliphatic carbocycles. The van der Waals surface area contributed by atoms with Gasteiger partial charge in [0.2, 0.25) is 5.95 Å². The van der Waals surface area contributed by atoms with E-state index in [0.717, 1.165) is 0 Å². The quantitative estimate of drug-likeness (QED) is 0.847. The van der Waals surface area contributed by atoms with Gasteiger partial charge in [0.1, 0.15) is 17.1 Å². The van der Waals surface area contributed by atoms with Gasteiger partial charge in [0.15, 0.2) is 11.6 Å². The molecule has 19 heavy (non-hydrogen) atoms. The number of Topliss-reactive ketones (excluding diaryl/α,β-unsaturated/α-hetero) is 2. The molecule has 2 atom stereocenters. The number of carbonyl (C=O) groups is 2. The summed E-state index contributed by atoms with van der Waals surface area (Å²) in [5.41, 5.74) is 0.0598. The second kappa shape index (κ2) is 4.47. The Morgan fingerprint density at radius 1 is 1.16 bits per heavy atom. The van der Waals surface area contributed by atoms with Crippen LogP contribution in [0.5, 0.6) is 0 Å². The number of aromatic nitrogens is 3. The Balaban J connectivity index is 2.00. The lowest BCUT2D eigenvalue weighted by Gasteiger charge is -2.28. The molecule has 0 saturated carbocycles. The maximum absolute atomic E-state index is 12.3. The van der Waals surface area contributed by atoms with Crippen LogP contribution in [0.15, 0.2) is 41.4 Å². The second-order valence-electron chi connectivity index (χ2n) is 4.20. The smallest absolute Gasteiger partial charge is 0.223 e. The standard InChI is InChI=1S/C12H9ClN4O2/c13-8-9(16-12-14-5-15-17-12)11(19)7-4-2-1-3-6(7)10(8)18/h1-7H,(H2,14,15,16,17). The SMILES string of the molecule is O=C1C(Cl)=C(Nc2ncn[nH]2)C(=O)C2C=CC=CC12. The van der Waals surface area contributed by atoms with Gasteiger partial charge in [-0.25, -0.2) is 5.10 Å².